The quantitative estimate of drug-likeness (QED) is 0.804. The van der Waals surface area contributed by atoms with E-state index < -0.39 is 47.6 Å². The minimum Gasteiger partial charge on any atom is -0.461 e. The van der Waals surface area contributed by atoms with Crippen molar-refractivity contribution in [2.75, 3.05) is 5.73 Å². The Balaban J connectivity index is 1.80. The summed E-state index contributed by atoms with van der Waals surface area (Å²) in [5.74, 6) is -6.25. The summed E-state index contributed by atoms with van der Waals surface area (Å²) < 4.78 is 40.7. The van der Waals surface area contributed by atoms with Crippen LogP contribution in [0.25, 0.3) is 6.08 Å². The number of pyridine rings is 1. The van der Waals surface area contributed by atoms with Gasteiger partial charge >= 0.3 is 5.97 Å². The third-order valence-corrected chi connectivity index (χ3v) is 5.94. The molecule has 0 bridgehead atoms. The Morgan fingerprint density at radius 3 is 2.75 bits per heavy atom. The second-order valence-corrected chi connectivity index (χ2v) is 7.53. The van der Waals surface area contributed by atoms with Crippen molar-refractivity contribution in [1.82, 2.24) is 15.2 Å². The Kier molecular flexibility index (Phi) is 4.20. The monoisotopic (exact) mass is 390 g/mol. The summed E-state index contributed by atoms with van der Waals surface area (Å²) in [6, 6.07) is 3.38. The van der Waals surface area contributed by atoms with E-state index in [0.29, 0.717) is 11.4 Å². The Labute approximate surface area is 160 Å². The molecule has 7 nitrogen and oxygen atoms in total. The average Bonchev–Trinajstić information content (AvgIpc) is 3.25. The SMILES string of the molecule is C[C@H]1OC(=O)[C@]2(c3nnco3)CC(F)(F)[C@@H](C)[C@H](/C=C/c3ccc(N)cn3)[C@H]12. The number of carbonyl (C=O) groups is 1. The van der Waals surface area contributed by atoms with Crippen LogP contribution in [0.15, 0.2) is 35.2 Å². The Hall–Kier alpha value is -2.84. The maximum Gasteiger partial charge on any atom is 0.322 e. The lowest BCUT2D eigenvalue weighted by molar-refractivity contribution is -0.159. The molecule has 0 spiro atoms. The van der Waals surface area contributed by atoms with E-state index in [2.05, 4.69) is 15.2 Å². The minimum atomic E-state index is -3.13. The molecule has 2 aliphatic rings. The summed E-state index contributed by atoms with van der Waals surface area (Å²) in [5, 5.41) is 7.41. The first-order valence-corrected chi connectivity index (χ1v) is 9.01. The van der Waals surface area contributed by atoms with Crippen molar-refractivity contribution >= 4 is 17.7 Å². The molecule has 0 unspecified atom stereocenters. The topological polar surface area (TPSA) is 104 Å². The van der Waals surface area contributed by atoms with E-state index in [9.17, 15) is 4.79 Å². The molecule has 0 amide bonds. The van der Waals surface area contributed by atoms with E-state index in [1.54, 1.807) is 31.2 Å². The lowest BCUT2D eigenvalue weighted by atomic mass is 9.56. The van der Waals surface area contributed by atoms with Crippen molar-refractivity contribution in [2.45, 2.75) is 37.7 Å². The average molecular weight is 390 g/mol. The first kappa shape index (κ1) is 18.5. The predicted molar refractivity (Wildman–Crippen MR) is 94.9 cm³/mol. The van der Waals surface area contributed by atoms with Crippen LogP contribution in [0.4, 0.5) is 14.5 Å². The van der Waals surface area contributed by atoms with Gasteiger partial charge in [0.05, 0.1) is 17.6 Å². The van der Waals surface area contributed by atoms with Crippen molar-refractivity contribution in [2.24, 2.45) is 17.8 Å². The fourth-order valence-corrected chi connectivity index (χ4v) is 4.53. The number of carbonyl (C=O) groups excluding carboxylic acids is 1. The summed E-state index contributed by atoms with van der Waals surface area (Å²) in [7, 11) is 0. The summed E-state index contributed by atoms with van der Waals surface area (Å²) in [6.07, 6.45) is 4.57. The number of allylic oxidation sites excluding steroid dienone is 1. The Bertz CT molecular complexity index is 900. The van der Waals surface area contributed by atoms with Gasteiger partial charge in [-0.1, -0.05) is 13.0 Å². The lowest BCUT2D eigenvalue weighted by Gasteiger charge is -2.46. The van der Waals surface area contributed by atoms with E-state index in [-0.39, 0.29) is 5.89 Å². The number of esters is 1. The first-order chi connectivity index (χ1) is 13.3. The molecule has 0 radical (unpaired) electrons. The second-order valence-electron chi connectivity index (χ2n) is 7.53. The van der Waals surface area contributed by atoms with Gasteiger partial charge in [-0.2, -0.15) is 0 Å². The van der Waals surface area contributed by atoms with E-state index >= 15 is 8.78 Å². The maximum atomic E-state index is 15.0. The number of hydrogen-bond donors (Lipinski definition) is 1. The highest BCUT2D eigenvalue weighted by molar-refractivity contribution is 5.85. The van der Waals surface area contributed by atoms with Crippen LogP contribution in [-0.4, -0.2) is 33.2 Å². The molecule has 9 heteroatoms. The van der Waals surface area contributed by atoms with Gasteiger partial charge in [0.2, 0.25) is 12.3 Å². The van der Waals surface area contributed by atoms with E-state index in [0.717, 1.165) is 6.39 Å². The zero-order valence-electron chi connectivity index (χ0n) is 15.4. The number of alkyl halides is 2. The number of rotatable bonds is 3. The molecule has 1 saturated heterocycles. The number of aromatic nitrogens is 3. The number of nitrogens with zero attached hydrogens (tertiary/aromatic N) is 3. The van der Waals surface area contributed by atoms with Crippen molar-refractivity contribution in [1.29, 1.82) is 0 Å². The molecule has 0 aromatic carbocycles. The highest BCUT2D eigenvalue weighted by Crippen LogP contribution is 2.59. The van der Waals surface area contributed by atoms with Gasteiger partial charge in [0.25, 0.3) is 5.92 Å². The number of nitrogen functional groups attached to an aromatic ring is 1. The Morgan fingerprint density at radius 1 is 1.32 bits per heavy atom. The number of ether oxygens (including phenoxy) is 1. The number of nitrogens with two attached hydrogens (primary N) is 1. The third-order valence-electron chi connectivity index (χ3n) is 5.94. The third kappa shape index (κ3) is 2.68. The lowest BCUT2D eigenvalue weighted by Crippen LogP contribution is -2.56. The molecule has 28 heavy (non-hydrogen) atoms. The Morgan fingerprint density at radius 2 is 2.11 bits per heavy atom. The molecular formula is C19H20F2N4O3. The van der Waals surface area contributed by atoms with Crippen molar-refractivity contribution in [3.8, 4) is 0 Å². The molecule has 1 aliphatic heterocycles. The van der Waals surface area contributed by atoms with Crippen LogP contribution in [0.5, 0.6) is 0 Å². The van der Waals surface area contributed by atoms with Gasteiger partial charge in [0.1, 0.15) is 6.10 Å². The number of hydrogen-bond acceptors (Lipinski definition) is 7. The molecule has 3 heterocycles. The minimum absolute atomic E-state index is 0.123. The summed E-state index contributed by atoms with van der Waals surface area (Å²) in [5.41, 5.74) is 5.05. The second kappa shape index (κ2) is 6.35. The zero-order chi connectivity index (χ0) is 20.1. The number of fused-ring (bicyclic) bond motifs is 1. The van der Waals surface area contributed by atoms with Crippen molar-refractivity contribution < 1.29 is 22.7 Å². The molecule has 5 atom stereocenters. The number of halogens is 2. The van der Waals surface area contributed by atoms with Crippen LogP contribution in [0.2, 0.25) is 0 Å². The van der Waals surface area contributed by atoms with Crippen molar-refractivity contribution in [3.63, 3.8) is 0 Å². The summed E-state index contributed by atoms with van der Waals surface area (Å²) >= 11 is 0. The molecule has 4 rings (SSSR count). The fraction of sp³-hybridized carbons (Fsp3) is 0.474. The molecule has 1 aliphatic carbocycles. The van der Waals surface area contributed by atoms with Crippen molar-refractivity contribution in [3.05, 3.63) is 42.4 Å². The fourth-order valence-electron chi connectivity index (χ4n) is 4.53. The molecule has 2 fully saturated rings. The van der Waals surface area contributed by atoms with Gasteiger partial charge in [0, 0.05) is 18.3 Å². The smallest absolute Gasteiger partial charge is 0.322 e. The first-order valence-electron chi connectivity index (χ1n) is 9.01. The van der Waals surface area contributed by atoms with Gasteiger partial charge in [-0.05, 0) is 31.1 Å². The summed E-state index contributed by atoms with van der Waals surface area (Å²) in [4.78, 5) is 16.9. The van der Waals surface area contributed by atoms with E-state index in [1.165, 1.54) is 13.1 Å². The normalized spacial score (nSPS) is 34.4. The number of cyclic esters (lactones) is 1. The largest absolute Gasteiger partial charge is 0.461 e. The van der Waals surface area contributed by atoms with Crippen LogP contribution < -0.4 is 5.73 Å². The standard InChI is InChI=1S/C19H20F2N4O3/c1-10-14(6-5-13-4-3-12(22)7-23-13)15-11(2)28-17(26)18(15,8-19(10,20)21)16-25-24-9-27-16/h3-7,9-11,14-15H,8,22H2,1-2H3/b6-5+/t10-,11+,14-,15-,18+/m0/s1. The molecule has 1 saturated carbocycles. The van der Waals surface area contributed by atoms with Crippen LogP contribution in [0.1, 0.15) is 31.9 Å². The zero-order valence-corrected chi connectivity index (χ0v) is 15.4. The van der Waals surface area contributed by atoms with Gasteiger partial charge < -0.3 is 14.9 Å². The predicted octanol–water partition coefficient (Wildman–Crippen LogP) is 2.85. The molecule has 2 aromatic heterocycles. The molecule has 2 aromatic rings. The van der Waals surface area contributed by atoms with Crippen LogP contribution in [0.3, 0.4) is 0 Å². The van der Waals surface area contributed by atoms with Gasteiger partial charge in [-0.3, -0.25) is 9.78 Å². The summed E-state index contributed by atoms with van der Waals surface area (Å²) in [6.45, 7) is 3.19. The van der Waals surface area contributed by atoms with E-state index in [4.69, 9.17) is 14.9 Å². The van der Waals surface area contributed by atoms with E-state index in [1.807, 2.05) is 0 Å². The van der Waals surface area contributed by atoms with Gasteiger partial charge in [0.15, 0.2) is 5.41 Å². The van der Waals surface area contributed by atoms with Crippen LogP contribution >= 0.6 is 0 Å². The van der Waals surface area contributed by atoms with Gasteiger partial charge in [-0.25, -0.2) is 8.78 Å². The number of anilines is 1. The van der Waals surface area contributed by atoms with Crippen LogP contribution in [-0.2, 0) is 14.9 Å². The molecular weight excluding hydrogens is 370 g/mol. The maximum absolute atomic E-state index is 15.0. The van der Waals surface area contributed by atoms with Crippen LogP contribution in [0, 0.1) is 17.8 Å². The highest BCUT2D eigenvalue weighted by atomic mass is 19.3. The highest BCUT2D eigenvalue weighted by Gasteiger charge is 2.71. The molecule has 148 valence electrons. The van der Waals surface area contributed by atoms with Gasteiger partial charge in [-0.15, -0.1) is 10.2 Å². The molecule has 2 N–H and O–H groups in total.